The zero-order chi connectivity index (χ0) is 13.2. The Kier molecular flexibility index (Phi) is 4.23. The molecule has 0 amide bonds. The SMILES string of the molecule is CCC1CCC(c2nc3c(s2)CCCC3NC)CC1. The van der Waals surface area contributed by atoms with Gasteiger partial charge in [0.15, 0.2) is 0 Å². The van der Waals surface area contributed by atoms with Crippen molar-refractivity contribution in [3.05, 3.63) is 15.6 Å². The van der Waals surface area contributed by atoms with Gasteiger partial charge < -0.3 is 5.32 Å². The number of nitrogens with zero attached hydrogens (tertiary/aromatic N) is 1. The Hall–Kier alpha value is -0.410. The van der Waals surface area contributed by atoms with Crippen LogP contribution in [0.25, 0.3) is 0 Å². The Morgan fingerprint density at radius 3 is 2.68 bits per heavy atom. The zero-order valence-corrected chi connectivity index (χ0v) is 13.1. The first kappa shape index (κ1) is 13.6. The molecule has 3 rings (SSSR count). The normalized spacial score (nSPS) is 31.2. The highest BCUT2D eigenvalue weighted by atomic mass is 32.1. The van der Waals surface area contributed by atoms with Gasteiger partial charge in [0.25, 0.3) is 0 Å². The van der Waals surface area contributed by atoms with Gasteiger partial charge >= 0.3 is 0 Å². The van der Waals surface area contributed by atoms with E-state index < -0.39 is 0 Å². The van der Waals surface area contributed by atoms with Crippen LogP contribution < -0.4 is 5.32 Å². The summed E-state index contributed by atoms with van der Waals surface area (Å²) in [7, 11) is 2.07. The summed E-state index contributed by atoms with van der Waals surface area (Å²) in [5.74, 6) is 1.74. The molecule has 19 heavy (non-hydrogen) atoms. The minimum absolute atomic E-state index is 0.515. The summed E-state index contributed by atoms with van der Waals surface area (Å²) in [5.41, 5.74) is 1.38. The van der Waals surface area contributed by atoms with Crippen molar-refractivity contribution in [3.63, 3.8) is 0 Å². The number of nitrogens with one attached hydrogen (secondary N) is 1. The van der Waals surface area contributed by atoms with E-state index in [9.17, 15) is 0 Å². The molecule has 0 radical (unpaired) electrons. The van der Waals surface area contributed by atoms with Gasteiger partial charge in [0, 0.05) is 10.8 Å². The number of rotatable bonds is 3. The molecular weight excluding hydrogens is 252 g/mol. The number of aryl methyl sites for hydroxylation is 1. The highest BCUT2D eigenvalue weighted by Gasteiger charge is 2.28. The highest BCUT2D eigenvalue weighted by Crippen LogP contribution is 2.41. The molecule has 1 heterocycles. The molecule has 1 atom stereocenters. The second-order valence-corrected chi connectivity index (χ2v) is 7.34. The van der Waals surface area contributed by atoms with E-state index >= 15 is 0 Å². The van der Waals surface area contributed by atoms with E-state index in [0.29, 0.717) is 6.04 Å². The maximum absolute atomic E-state index is 5.03. The first-order valence-corrected chi connectivity index (χ1v) is 8.80. The number of hydrogen-bond acceptors (Lipinski definition) is 3. The molecule has 106 valence electrons. The van der Waals surface area contributed by atoms with Crippen LogP contribution in [-0.4, -0.2) is 12.0 Å². The van der Waals surface area contributed by atoms with Gasteiger partial charge in [-0.1, -0.05) is 13.3 Å². The third-order valence-electron chi connectivity index (χ3n) is 5.09. The third-order valence-corrected chi connectivity index (χ3v) is 6.39. The highest BCUT2D eigenvalue weighted by molar-refractivity contribution is 7.11. The van der Waals surface area contributed by atoms with Crippen molar-refractivity contribution in [3.8, 4) is 0 Å². The molecule has 0 spiro atoms. The lowest BCUT2D eigenvalue weighted by atomic mass is 9.81. The van der Waals surface area contributed by atoms with Gasteiger partial charge in [-0.2, -0.15) is 0 Å². The molecule has 3 heteroatoms. The summed E-state index contributed by atoms with van der Waals surface area (Å²) in [6, 6.07) is 0.515. The van der Waals surface area contributed by atoms with Gasteiger partial charge in [-0.15, -0.1) is 11.3 Å². The van der Waals surface area contributed by atoms with E-state index in [0.717, 1.165) is 11.8 Å². The van der Waals surface area contributed by atoms with Gasteiger partial charge in [-0.25, -0.2) is 4.98 Å². The van der Waals surface area contributed by atoms with E-state index in [-0.39, 0.29) is 0 Å². The Bertz CT molecular complexity index is 418. The molecule has 0 aliphatic heterocycles. The lowest BCUT2D eigenvalue weighted by Gasteiger charge is -2.26. The van der Waals surface area contributed by atoms with Gasteiger partial charge in [0.1, 0.15) is 0 Å². The predicted octanol–water partition coefficient (Wildman–Crippen LogP) is 4.42. The van der Waals surface area contributed by atoms with E-state index in [1.54, 1.807) is 4.88 Å². The van der Waals surface area contributed by atoms with Crippen molar-refractivity contribution in [1.82, 2.24) is 10.3 Å². The quantitative estimate of drug-likeness (QED) is 0.885. The minimum Gasteiger partial charge on any atom is -0.312 e. The Labute approximate surface area is 121 Å². The average molecular weight is 278 g/mol. The number of thiazole rings is 1. The van der Waals surface area contributed by atoms with Crippen LogP contribution in [0.15, 0.2) is 0 Å². The zero-order valence-electron chi connectivity index (χ0n) is 12.2. The van der Waals surface area contributed by atoms with E-state index in [4.69, 9.17) is 4.98 Å². The van der Waals surface area contributed by atoms with Crippen LogP contribution in [-0.2, 0) is 6.42 Å². The first-order chi connectivity index (χ1) is 9.31. The summed E-state index contributed by atoms with van der Waals surface area (Å²) in [6.07, 6.45) is 10.8. The molecule has 1 aromatic rings. The molecule has 2 nitrogen and oxygen atoms in total. The molecule has 1 saturated carbocycles. The fourth-order valence-corrected chi connectivity index (χ4v) is 5.05. The molecule has 0 bridgehead atoms. The Balaban J connectivity index is 1.74. The topological polar surface area (TPSA) is 24.9 Å². The minimum atomic E-state index is 0.515. The molecule has 1 N–H and O–H groups in total. The molecule has 1 aromatic heterocycles. The van der Waals surface area contributed by atoms with E-state index in [2.05, 4.69) is 19.3 Å². The van der Waals surface area contributed by atoms with E-state index in [1.807, 2.05) is 11.3 Å². The molecule has 0 aromatic carbocycles. The fourth-order valence-electron chi connectivity index (χ4n) is 3.71. The summed E-state index contributed by atoms with van der Waals surface area (Å²) in [6.45, 7) is 2.34. The summed E-state index contributed by atoms with van der Waals surface area (Å²) >= 11 is 2.02. The molecule has 1 fully saturated rings. The third kappa shape index (κ3) is 2.73. The lowest BCUT2D eigenvalue weighted by molar-refractivity contribution is 0.318. The monoisotopic (exact) mass is 278 g/mol. The van der Waals surface area contributed by atoms with Crippen molar-refractivity contribution in [2.45, 2.75) is 70.3 Å². The van der Waals surface area contributed by atoms with Crippen molar-refractivity contribution in [1.29, 1.82) is 0 Å². The maximum atomic E-state index is 5.03. The van der Waals surface area contributed by atoms with Crippen molar-refractivity contribution in [2.75, 3.05) is 7.05 Å². The fraction of sp³-hybridized carbons (Fsp3) is 0.812. The summed E-state index contributed by atoms with van der Waals surface area (Å²) in [4.78, 5) is 6.60. The van der Waals surface area contributed by atoms with Gasteiger partial charge in [0.05, 0.1) is 16.7 Å². The number of aromatic nitrogens is 1. The van der Waals surface area contributed by atoms with Crippen LogP contribution in [0.5, 0.6) is 0 Å². The van der Waals surface area contributed by atoms with Crippen LogP contribution in [0, 0.1) is 5.92 Å². The van der Waals surface area contributed by atoms with Crippen LogP contribution in [0.4, 0.5) is 0 Å². The predicted molar refractivity (Wildman–Crippen MR) is 81.8 cm³/mol. The lowest BCUT2D eigenvalue weighted by Crippen LogP contribution is -2.21. The van der Waals surface area contributed by atoms with Crippen molar-refractivity contribution in [2.24, 2.45) is 5.92 Å². The maximum Gasteiger partial charge on any atom is 0.0962 e. The molecule has 1 unspecified atom stereocenters. The molecule has 0 saturated heterocycles. The van der Waals surface area contributed by atoms with Crippen molar-refractivity contribution < 1.29 is 0 Å². The van der Waals surface area contributed by atoms with Crippen LogP contribution >= 0.6 is 11.3 Å². The number of fused-ring (bicyclic) bond motifs is 1. The smallest absolute Gasteiger partial charge is 0.0962 e. The van der Waals surface area contributed by atoms with Crippen LogP contribution in [0.1, 0.15) is 79.4 Å². The number of hydrogen-bond donors (Lipinski definition) is 1. The largest absolute Gasteiger partial charge is 0.312 e. The summed E-state index contributed by atoms with van der Waals surface area (Å²) in [5, 5.41) is 4.88. The average Bonchev–Trinajstić information content (AvgIpc) is 2.91. The van der Waals surface area contributed by atoms with Crippen LogP contribution in [0.2, 0.25) is 0 Å². The second-order valence-electron chi connectivity index (χ2n) is 6.22. The van der Waals surface area contributed by atoms with E-state index in [1.165, 1.54) is 62.1 Å². The first-order valence-electron chi connectivity index (χ1n) is 7.98. The van der Waals surface area contributed by atoms with Crippen LogP contribution in [0.3, 0.4) is 0 Å². The second kappa shape index (κ2) is 5.92. The Morgan fingerprint density at radius 2 is 2.00 bits per heavy atom. The summed E-state index contributed by atoms with van der Waals surface area (Å²) < 4.78 is 0. The molecule has 2 aliphatic carbocycles. The van der Waals surface area contributed by atoms with Gasteiger partial charge in [0.2, 0.25) is 0 Å². The van der Waals surface area contributed by atoms with Crippen molar-refractivity contribution >= 4 is 11.3 Å². The van der Waals surface area contributed by atoms with Gasteiger partial charge in [-0.05, 0) is 57.9 Å². The van der Waals surface area contributed by atoms with Gasteiger partial charge in [-0.3, -0.25) is 0 Å². The standard InChI is InChI=1S/C16H26N2S/c1-3-11-7-9-12(10-8-11)16-18-15-13(17-2)5-4-6-14(15)19-16/h11-13,17H,3-10H2,1-2H3. The Morgan fingerprint density at radius 1 is 1.21 bits per heavy atom. The molecular formula is C16H26N2S. The molecule has 2 aliphatic rings.